The molecule has 26 heavy (non-hydrogen) atoms. The highest BCUT2D eigenvalue weighted by molar-refractivity contribution is 5.90. The predicted octanol–water partition coefficient (Wildman–Crippen LogP) is 2.85. The van der Waals surface area contributed by atoms with Crippen molar-refractivity contribution in [1.29, 1.82) is 0 Å². The van der Waals surface area contributed by atoms with Crippen LogP contribution in [0.15, 0.2) is 48.5 Å². The summed E-state index contributed by atoms with van der Waals surface area (Å²) in [6, 6.07) is 15.4. The van der Waals surface area contributed by atoms with Crippen molar-refractivity contribution in [1.82, 2.24) is 10.2 Å². The van der Waals surface area contributed by atoms with Crippen molar-refractivity contribution >= 4 is 11.7 Å². The molecule has 0 radical (unpaired) electrons. The Morgan fingerprint density at radius 2 is 1.88 bits per heavy atom. The number of carbonyl (C=O) groups is 1. The van der Waals surface area contributed by atoms with E-state index < -0.39 is 0 Å². The summed E-state index contributed by atoms with van der Waals surface area (Å²) in [7, 11) is 1.58. The minimum absolute atomic E-state index is 0.256. The molecule has 1 saturated heterocycles. The fraction of sp³-hybridized carbons (Fsp3) is 0.350. The molecular weight excluding hydrogens is 330 g/mol. The Morgan fingerprint density at radius 3 is 2.69 bits per heavy atom. The molecule has 0 bridgehead atoms. The zero-order valence-corrected chi connectivity index (χ0v) is 15.0. The molecule has 2 amide bonds. The van der Waals surface area contributed by atoms with Crippen LogP contribution in [0.4, 0.5) is 10.5 Å². The van der Waals surface area contributed by atoms with E-state index in [0.717, 1.165) is 38.4 Å². The zero-order valence-electron chi connectivity index (χ0n) is 15.0. The Balaban J connectivity index is 1.52. The number of nitrogens with zero attached hydrogens (tertiary/aromatic N) is 1. The first kappa shape index (κ1) is 18.2. The number of hydrogen-bond donors (Lipinski definition) is 2. The molecule has 1 heterocycles. The number of benzene rings is 2. The first-order valence-electron chi connectivity index (χ1n) is 8.80. The molecule has 6 heteroatoms. The quantitative estimate of drug-likeness (QED) is 0.836. The Kier molecular flexibility index (Phi) is 6.46. The smallest absolute Gasteiger partial charge is 0.319 e. The van der Waals surface area contributed by atoms with E-state index in [9.17, 15) is 4.79 Å². The highest BCUT2D eigenvalue weighted by atomic mass is 16.5. The van der Waals surface area contributed by atoms with Crippen LogP contribution in [0.3, 0.4) is 0 Å². The second-order valence-electron chi connectivity index (χ2n) is 6.22. The third-order valence-electron chi connectivity index (χ3n) is 4.31. The summed E-state index contributed by atoms with van der Waals surface area (Å²) in [5.41, 5.74) is 2.97. The van der Waals surface area contributed by atoms with Gasteiger partial charge >= 0.3 is 6.03 Å². The van der Waals surface area contributed by atoms with Crippen molar-refractivity contribution in [2.24, 2.45) is 0 Å². The lowest BCUT2D eigenvalue weighted by molar-refractivity contribution is 0.0342. The van der Waals surface area contributed by atoms with Crippen LogP contribution in [-0.2, 0) is 17.8 Å². The van der Waals surface area contributed by atoms with E-state index in [1.807, 2.05) is 30.3 Å². The second-order valence-corrected chi connectivity index (χ2v) is 6.22. The molecule has 3 rings (SSSR count). The number of nitrogens with one attached hydrogen (secondary N) is 2. The molecule has 2 aromatic carbocycles. The monoisotopic (exact) mass is 355 g/mol. The Bertz CT molecular complexity index is 730. The normalized spacial score (nSPS) is 14.7. The number of para-hydroxylation sites is 2. The molecule has 2 N–H and O–H groups in total. The molecule has 1 fully saturated rings. The largest absolute Gasteiger partial charge is 0.495 e. The van der Waals surface area contributed by atoms with Gasteiger partial charge in [-0.2, -0.15) is 0 Å². The molecule has 2 aromatic rings. The summed E-state index contributed by atoms with van der Waals surface area (Å²) in [6.45, 7) is 4.89. The number of morpholine rings is 1. The maximum absolute atomic E-state index is 12.2. The number of methoxy groups -OCH3 is 1. The Morgan fingerprint density at radius 1 is 1.12 bits per heavy atom. The van der Waals surface area contributed by atoms with E-state index in [0.29, 0.717) is 18.0 Å². The van der Waals surface area contributed by atoms with E-state index >= 15 is 0 Å². The number of hydrogen-bond acceptors (Lipinski definition) is 4. The van der Waals surface area contributed by atoms with Gasteiger partial charge in [-0.05, 0) is 23.3 Å². The topological polar surface area (TPSA) is 62.8 Å². The van der Waals surface area contributed by atoms with Crippen molar-refractivity contribution in [2.75, 3.05) is 38.7 Å². The maximum atomic E-state index is 12.2. The van der Waals surface area contributed by atoms with Gasteiger partial charge < -0.3 is 20.1 Å². The van der Waals surface area contributed by atoms with Gasteiger partial charge in [-0.15, -0.1) is 0 Å². The van der Waals surface area contributed by atoms with Gasteiger partial charge in [0.1, 0.15) is 5.75 Å². The van der Waals surface area contributed by atoms with Crippen molar-refractivity contribution < 1.29 is 14.3 Å². The fourth-order valence-corrected chi connectivity index (χ4v) is 2.95. The van der Waals surface area contributed by atoms with Gasteiger partial charge in [0.05, 0.1) is 26.0 Å². The van der Waals surface area contributed by atoms with Crippen LogP contribution in [-0.4, -0.2) is 44.3 Å². The SMILES string of the molecule is COc1ccccc1NC(=O)NCc1cccc(CN2CCOCC2)c1. The average Bonchev–Trinajstić information content (AvgIpc) is 2.68. The molecule has 0 aliphatic carbocycles. The molecule has 6 nitrogen and oxygen atoms in total. The molecular formula is C20H25N3O3. The van der Waals surface area contributed by atoms with Gasteiger partial charge in [0.15, 0.2) is 0 Å². The number of amides is 2. The van der Waals surface area contributed by atoms with E-state index in [-0.39, 0.29) is 6.03 Å². The number of urea groups is 1. The lowest BCUT2D eigenvalue weighted by atomic mass is 10.1. The lowest BCUT2D eigenvalue weighted by Crippen LogP contribution is -2.35. The first-order chi connectivity index (χ1) is 12.7. The van der Waals surface area contributed by atoms with Crippen LogP contribution in [0.1, 0.15) is 11.1 Å². The summed E-state index contributed by atoms with van der Waals surface area (Å²) in [6.07, 6.45) is 0. The van der Waals surface area contributed by atoms with Crippen LogP contribution >= 0.6 is 0 Å². The average molecular weight is 355 g/mol. The van der Waals surface area contributed by atoms with Crippen molar-refractivity contribution in [2.45, 2.75) is 13.1 Å². The van der Waals surface area contributed by atoms with E-state index in [2.05, 4.69) is 27.7 Å². The number of carbonyl (C=O) groups excluding carboxylic acids is 1. The summed E-state index contributed by atoms with van der Waals surface area (Å²) in [4.78, 5) is 14.5. The Hall–Kier alpha value is -2.57. The number of ether oxygens (including phenoxy) is 2. The van der Waals surface area contributed by atoms with Crippen molar-refractivity contribution in [3.8, 4) is 5.75 Å². The van der Waals surface area contributed by atoms with Gasteiger partial charge in [0.25, 0.3) is 0 Å². The minimum Gasteiger partial charge on any atom is -0.495 e. The van der Waals surface area contributed by atoms with E-state index in [1.54, 1.807) is 13.2 Å². The first-order valence-corrected chi connectivity index (χ1v) is 8.80. The Labute approximate surface area is 154 Å². The van der Waals surface area contributed by atoms with Gasteiger partial charge in [0.2, 0.25) is 0 Å². The van der Waals surface area contributed by atoms with Crippen molar-refractivity contribution in [3.05, 3.63) is 59.7 Å². The molecule has 0 spiro atoms. The van der Waals surface area contributed by atoms with Crippen LogP contribution < -0.4 is 15.4 Å². The minimum atomic E-state index is -0.256. The van der Waals surface area contributed by atoms with Gasteiger partial charge in [-0.25, -0.2) is 4.79 Å². The summed E-state index contributed by atoms with van der Waals surface area (Å²) < 4.78 is 10.6. The second kappa shape index (κ2) is 9.22. The van der Waals surface area contributed by atoms with Gasteiger partial charge in [-0.1, -0.05) is 36.4 Å². The third kappa shape index (κ3) is 5.21. The summed E-state index contributed by atoms with van der Waals surface area (Å²) in [5, 5.41) is 5.71. The van der Waals surface area contributed by atoms with Crippen LogP contribution in [0.2, 0.25) is 0 Å². The summed E-state index contributed by atoms with van der Waals surface area (Å²) >= 11 is 0. The van der Waals surface area contributed by atoms with Crippen molar-refractivity contribution in [3.63, 3.8) is 0 Å². The molecule has 138 valence electrons. The molecule has 1 aliphatic heterocycles. The van der Waals surface area contributed by atoms with Crippen LogP contribution in [0.5, 0.6) is 5.75 Å². The summed E-state index contributed by atoms with van der Waals surface area (Å²) in [5.74, 6) is 0.634. The molecule has 1 aliphatic rings. The lowest BCUT2D eigenvalue weighted by Gasteiger charge is -2.26. The molecule has 0 unspecified atom stereocenters. The van der Waals surface area contributed by atoms with E-state index in [1.165, 1.54) is 5.56 Å². The van der Waals surface area contributed by atoms with E-state index in [4.69, 9.17) is 9.47 Å². The van der Waals surface area contributed by atoms with Crippen LogP contribution in [0.25, 0.3) is 0 Å². The highest BCUT2D eigenvalue weighted by Gasteiger charge is 2.11. The van der Waals surface area contributed by atoms with Gasteiger partial charge in [0, 0.05) is 26.2 Å². The standard InChI is InChI=1S/C20H25N3O3/c1-25-19-8-3-2-7-18(19)22-20(24)21-14-16-5-4-6-17(13-16)15-23-9-11-26-12-10-23/h2-8,13H,9-12,14-15H2,1H3,(H2,21,22,24). The number of rotatable bonds is 6. The van der Waals surface area contributed by atoms with Gasteiger partial charge in [-0.3, -0.25) is 4.90 Å². The molecule has 0 aromatic heterocycles. The maximum Gasteiger partial charge on any atom is 0.319 e. The molecule has 0 saturated carbocycles. The fourth-order valence-electron chi connectivity index (χ4n) is 2.95. The molecule has 0 atom stereocenters. The van der Waals surface area contributed by atoms with Crippen LogP contribution in [0, 0.1) is 0 Å². The number of anilines is 1. The highest BCUT2D eigenvalue weighted by Crippen LogP contribution is 2.22. The predicted molar refractivity (Wildman–Crippen MR) is 101 cm³/mol. The third-order valence-corrected chi connectivity index (χ3v) is 4.31. The zero-order chi connectivity index (χ0) is 18.2.